The highest BCUT2D eigenvalue weighted by Crippen LogP contribution is 2.25. The lowest BCUT2D eigenvalue weighted by Crippen LogP contribution is -2.55. The highest BCUT2D eigenvalue weighted by atomic mass is 16.2. The highest BCUT2D eigenvalue weighted by molar-refractivity contribution is 5.84. The van der Waals surface area contributed by atoms with E-state index in [2.05, 4.69) is 31.0 Å². The van der Waals surface area contributed by atoms with Crippen molar-refractivity contribution in [3.63, 3.8) is 0 Å². The highest BCUT2D eigenvalue weighted by Gasteiger charge is 2.33. The number of hydrogen-bond acceptors (Lipinski definition) is 3. The van der Waals surface area contributed by atoms with Crippen LogP contribution in [0.4, 0.5) is 0 Å². The molecule has 0 spiro atoms. The number of likely N-dealkylation sites (tertiary alicyclic amines) is 2. The molecule has 0 radical (unpaired) electrons. The summed E-state index contributed by atoms with van der Waals surface area (Å²) in [6.45, 7) is 8.89. The molecule has 0 aromatic heterocycles. The quantitative estimate of drug-likeness (QED) is 0.796. The first-order valence-electron chi connectivity index (χ1n) is 11.4. The summed E-state index contributed by atoms with van der Waals surface area (Å²) in [6.07, 6.45) is 5.77. The number of hydrogen-bond donors (Lipinski definition) is 1. The molecule has 29 heavy (non-hydrogen) atoms. The maximum atomic E-state index is 13.1. The molecule has 160 valence electrons. The first-order valence-corrected chi connectivity index (χ1v) is 11.4. The number of amides is 2. The SMILES string of the molecule is CCC(C(=O)N1CCC(NC(=O)C2CCCCN2C(C)C)CC1)c1ccccc1. The third-order valence-electron chi connectivity index (χ3n) is 6.57. The molecule has 2 fully saturated rings. The zero-order chi connectivity index (χ0) is 20.8. The number of nitrogens with one attached hydrogen (secondary N) is 1. The Hall–Kier alpha value is -1.88. The lowest BCUT2D eigenvalue weighted by Gasteiger charge is -2.39. The fourth-order valence-corrected chi connectivity index (χ4v) is 4.85. The van der Waals surface area contributed by atoms with Crippen LogP contribution in [0.3, 0.4) is 0 Å². The van der Waals surface area contributed by atoms with Gasteiger partial charge in [-0.2, -0.15) is 0 Å². The van der Waals surface area contributed by atoms with Crippen molar-refractivity contribution in [3.05, 3.63) is 35.9 Å². The van der Waals surface area contributed by atoms with Gasteiger partial charge >= 0.3 is 0 Å². The summed E-state index contributed by atoms with van der Waals surface area (Å²) >= 11 is 0. The Morgan fingerprint density at radius 3 is 2.34 bits per heavy atom. The molecule has 0 bridgehead atoms. The van der Waals surface area contributed by atoms with Crippen LogP contribution in [0, 0.1) is 0 Å². The lowest BCUT2D eigenvalue weighted by molar-refractivity contribution is -0.134. The van der Waals surface area contributed by atoms with E-state index >= 15 is 0 Å². The molecule has 2 heterocycles. The number of carbonyl (C=O) groups is 2. The average molecular weight is 400 g/mol. The van der Waals surface area contributed by atoms with Crippen molar-refractivity contribution < 1.29 is 9.59 Å². The predicted molar refractivity (Wildman–Crippen MR) is 117 cm³/mol. The molecule has 5 nitrogen and oxygen atoms in total. The van der Waals surface area contributed by atoms with E-state index in [0.29, 0.717) is 6.04 Å². The molecule has 2 aliphatic rings. The maximum Gasteiger partial charge on any atom is 0.237 e. The second-order valence-electron chi connectivity index (χ2n) is 8.82. The second kappa shape index (κ2) is 10.2. The van der Waals surface area contributed by atoms with E-state index in [0.717, 1.165) is 57.3 Å². The number of rotatable bonds is 6. The Morgan fingerprint density at radius 2 is 1.72 bits per heavy atom. The van der Waals surface area contributed by atoms with Gasteiger partial charge in [0.25, 0.3) is 0 Å². The lowest BCUT2D eigenvalue weighted by atomic mass is 9.93. The summed E-state index contributed by atoms with van der Waals surface area (Å²) in [5.41, 5.74) is 1.10. The summed E-state index contributed by atoms with van der Waals surface area (Å²) in [4.78, 5) is 30.3. The molecule has 1 aromatic carbocycles. The van der Waals surface area contributed by atoms with Crippen LogP contribution in [-0.4, -0.2) is 59.4 Å². The van der Waals surface area contributed by atoms with Crippen LogP contribution < -0.4 is 5.32 Å². The molecular weight excluding hydrogens is 362 g/mol. The minimum Gasteiger partial charge on any atom is -0.352 e. The fraction of sp³-hybridized carbons (Fsp3) is 0.667. The molecule has 0 saturated carbocycles. The predicted octanol–water partition coefficient (Wildman–Crippen LogP) is 3.55. The van der Waals surface area contributed by atoms with E-state index in [1.807, 2.05) is 35.2 Å². The molecule has 2 saturated heterocycles. The molecule has 3 rings (SSSR count). The number of benzene rings is 1. The van der Waals surface area contributed by atoms with Gasteiger partial charge in [-0.25, -0.2) is 0 Å². The van der Waals surface area contributed by atoms with Crippen molar-refractivity contribution in [2.75, 3.05) is 19.6 Å². The molecule has 1 aromatic rings. The Morgan fingerprint density at radius 1 is 1.03 bits per heavy atom. The smallest absolute Gasteiger partial charge is 0.237 e. The molecular formula is C24H37N3O2. The molecule has 5 heteroatoms. The number of nitrogens with zero attached hydrogens (tertiary/aromatic N) is 2. The fourth-order valence-electron chi connectivity index (χ4n) is 4.85. The molecule has 2 amide bonds. The standard InChI is InChI=1S/C24H37N3O2/c1-4-21(19-10-6-5-7-11-19)24(29)26-16-13-20(14-17-26)25-23(28)22-12-8-9-15-27(22)18(2)3/h5-7,10-11,18,20-22H,4,8-9,12-17H2,1-3H3,(H,25,28). The normalized spacial score (nSPS) is 22.5. The minimum atomic E-state index is -0.0656. The van der Waals surface area contributed by atoms with Crippen molar-refractivity contribution in [2.45, 2.75) is 83.3 Å². The van der Waals surface area contributed by atoms with Gasteiger partial charge in [0.2, 0.25) is 11.8 Å². The molecule has 1 N–H and O–H groups in total. The first kappa shape index (κ1) is 21.8. The van der Waals surface area contributed by atoms with Crippen LogP contribution >= 0.6 is 0 Å². The van der Waals surface area contributed by atoms with Crippen molar-refractivity contribution in [3.8, 4) is 0 Å². The zero-order valence-electron chi connectivity index (χ0n) is 18.3. The van der Waals surface area contributed by atoms with Gasteiger partial charge in [0.15, 0.2) is 0 Å². The average Bonchev–Trinajstić information content (AvgIpc) is 2.75. The summed E-state index contributed by atoms with van der Waals surface area (Å²) in [5.74, 6) is 0.338. The zero-order valence-corrected chi connectivity index (χ0v) is 18.3. The van der Waals surface area contributed by atoms with Crippen LogP contribution in [-0.2, 0) is 9.59 Å². The van der Waals surface area contributed by atoms with Crippen LogP contribution in [0.1, 0.15) is 70.8 Å². The van der Waals surface area contributed by atoms with Crippen molar-refractivity contribution in [1.29, 1.82) is 0 Å². The van der Waals surface area contributed by atoms with Gasteiger partial charge in [-0.1, -0.05) is 43.7 Å². The molecule has 2 unspecified atom stereocenters. The molecule has 0 aliphatic carbocycles. The van der Waals surface area contributed by atoms with E-state index in [9.17, 15) is 9.59 Å². The van der Waals surface area contributed by atoms with E-state index in [1.165, 1.54) is 6.42 Å². The maximum absolute atomic E-state index is 13.1. The van der Waals surface area contributed by atoms with Gasteiger partial charge < -0.3 is 10.2 Å². The number of piperidine rings is 2. The van der Waals surface area contributed by atoms with Gasteiger partial charge in [-0.05, 0) is 58.1 Å². The summed E-state index contributed by atoms with van der Waals surface area (Å²) in [7, 11) is 0. The van der Waals surface area contributed by atoms with Gasteiger partial charge in [0.05, 0.1) is 12.0 Å². The second-order valence-corrected chi connectivity index (χ2v) is 8.82. The monoisotopic (exact) mass is 399 g/mol. The Balaban J connectivity index is 1.52. The summed E-state index contributed by atoms with van der Waals surface area (Å²) < 4.78 is 0. The number of carbonyl (C=O) groups excluding carboxylic acids is 2. The molecule has 2 aliphatic heterocycles. The van der Waals surface area contributed by atoms with Crippen molar-refractivity contribution in [1.82, 2.24) is 15.1 Å². The largest absolute Gasteiger partial charge is 0.352 e. The summed E-state index contributed by atoms with van der Waals surface area (Å²) in [5, 5.41) is 3.29. The van der Waals surface area contributed by atoms with Crippen LogP contribution in [0.2, 0.25) is 0 Å². The Bertz CT molecular complexity index is 668. The van der Waals surface area contributed by atoms with Crippen LogP contribution in [0.25, 0.3) is 0 Å². The van der Waals surface area contributed by atoms with Crippen molar-refractivity contribution in [2.24, 2.45) is 0 Å². The van der Waals surface area contributed by atoms with E-state index in [4.69, 9.17) is 0 Å². The van der Waals surface area contributed by atoms with Crippen molar-refractivity contribution >= 4 is 11.8 Å². The van der Waals surface area contributed by atoms with E-state index in [1.54, 1.807) is 0 Å². The van der Waals surface area contributed by atoms with Gasteiger partial charge in [0.1, 0.15) is 0 Å². The van der Waals surface area contributed by atoms with Crippen LogP contribution in [0.5, 0.6) is 0 Å². The van der Waals surface area contributed by atoms with E-state index < -0.39 is 0 Å². The topological polar surface area (TPSA) is 52.7 Å². The first-order chi connectivity index (χ1) is 14.0. The van der Waals surface area contributed by atoms with Crippen LogP contribution in [0.15, 0.2) is 30.3 Å². The van der Waals surface area contributed by atoms with E-state index in [-0.39, 0.29) is 29.8 Å². The molecule has 2 atom stereocenters. The van der Waals surface area contributed by atoms with Gasteiger partial charge in [-0.3, -0.25) is 14.5 Å². The third-order valence-corrected chi connectivity index (χ3v) is 6.57. The van der Waals surface area contributed by atoms with Gasteiger partial charge in [0, 0.05) is 25.2 Å². The third kappa shape index (κ3) is 5.39. The Labute approximate surface area is 175 Å². The van der Waals surface area contributed by atoms with Gasteiger partial charge in [-0.15, -0.1) is 0 Å². The summed E-state index contributed by atoms with van der Waals surface area (Å²) in [6, 6.07) is 10.7. The Kier molecular flexibility index (Phi) is 7.70. The minimum absolute atomic E-state index is 0.00552.